The van der Waals surface area contributed by atoms with Crippen molar-refractivity contribution < 1.29 is 32.5 Å². The third-order valence-electron chi connectivity index (χ3n) is 5.17. The summed E-state index contributed by atoms with van der Waals surface area (Å²) < 4.78 is 27.4. The Hall–Kier alpha value is -2.02. The van der Waals surface area contributed by atoms with Crippen molar-refractivity contribution in [3.63, 3.8) is 0 Å². The second-order valence-electron chi connectivity index (χ2n) is 10.3. The molecule has 0 amide bonds. The summed E-state index contributed by atoms with van der Waals surface area (Å²) in [7, 11) is 1.47. The lowest BCUT2D eigenvalue weighted by Crippen LogP contribution is -2.37. The number of esters is 1. The van der Waals surface area contributed by atoms with Crippen molar-refractivity contribution in [2.45, 2.75) is 65.2 Å². The first kappa shape index (κ1) is 37.0. The van der Waals surface area contributed by atoms with Crippen molar-refractivity contribution in [2.75, 3.05) is 47.5 Å². The predicted octanol–water partition coefficient (Wildman–Crippen LogP) is 6.85. The quantitative estimate of drug-likeness (QED) is 0.0583. The minimum absolute atomic E-state index is 0.0578. The van der Waals surface area contributed by atoms with Crippen molar-refractivity contribution in [1.82, 2.24) is 0 Å². The topological polar surface area (TPSA) is 84.9 Å². The number of allylic oxidation sites excluding steroid dienone is 12. The normalized spacial score (nSPS) is 15.5. The fraction of sp³-hybridized carbons (Fsp3) is 0.581. The van der Waals surface area contributed by atoms with Crippen LogP contribution < -0.4 is 4.89 Å². The Bertz CT molecular complexity index is 852. The van der Waals surface area contributed by atoms with E-state index in [2.05, 4.69) is 67.7 Å². The van der Waals surface area contributed by atoms with E-state index >= 15 is 0 Å². The van der Waals surface area contributed by atoms with Gasteiger partial charge in [0.25, 0.3) is 7.82 Å². The van der Waals surface area contributed by atoms with E-state index in [9.17, 15) is 14.3 Å². The van der Waals surface area contributed by atoms with Crippen molar-refractivity contribution in [3.05, 3.63) is 72.9 Å². The summed E-state index contributed by atoms with van der Waals surface area (Å²) in [5.41, 5.74) is 0. The maximum Gasteiger partial charge on any atom is 0.306 e. The Labute approximate surface area is 237 Å². The lowest BCUT2D eigenvalue weighted by molar-refractivity contribution is -0.870. The molecule has 0 spiro atoms. The number of hydrogen-bond donors (Lipinski definition) is 0. The van der Waals surface area contributed by atoms with Gasteiger partial charge in [-0.25, -0.2) is 0 Å². The minimum atomic E-state index is -4.35. The molecule has 222 valence electrons. The molecule has 0 aromatic carbocycles. The van der Waals surface area contributed by atoms with E-state index in [1.165, 1.54) is 0 Å². The second kappa shape index (κ2) is 23.8. The summed E-state index contributed by atoms with van der Waals surface area (Å²) >= 11 is 0. The molecule has 0 aliphatic rings. The first-order valence-corrected chi connectivity index (χ1v) is 15.5. The largest absolute Gasteiger partial charge is 0.756 e. The number of carbonyl (C=O) groups is 1. The first-order valence-electron chi connectivity index (χ1n) is 14.0. The van der Waals surface area contributed by atoms with E-state index in [1.807, 2.05) is 33.3 Å². The molecule has 2 atom stereocenters. The Kier molecular flexibility index (Phi) is 22.6. The molecule has 2 unspecified atom stereocenters. The maximum atomic E-state index is 11.9. The van der Waals surface area contributed by atoms with Gasteiger partial charge in [0, 0.05) is 12.3 Å². The molecule has 0 N–H and O–H groups in total. The molecule has 0 saturated heterocycles. The van der Waals surface area contributed by atoms with Crippen molar-refractivity contribution in [2.24, 2.45) is 5.92 Å². The Morgan fingerprint density at radius 1 is 0.769 bits per heavy atom. The number of ether oxygens (including phenoxy) is 1. The molecule has 0 bridgehead atoms. The average Bonchev–Trinajstić information content (AvgIpc) is 2.86. The van der Waals surface area contributed by atoms with Crippen molar-refractivity contribution >= 4 is 13.8 Å². The Morgan fingerprint density at radius 3 is 1.69 bits per heavy atom. The third kappa shape index (κ3) is 28.8. The van der Waals surface area contributed by atoms with E-state index in [1.54, 1.807) is 6.92 Å². The fourth-order valence-electron chi connectivity index (χ4n) is 2.88. The molecule has 0 aromatic rings. The van der Waals surface area contributed by atoms with E-state index in [0.29, 0.717) is 17.4 Å². The van der Waals surface area contributed by atoms with Crippen molar-refractivity contribution in [3.8, 4) is 0 Å². The molecule has 0 heterocycles. The fourth-order valence-corrected chi connectivity index (χ4v) is 3.70. The highest BCUT2D eigenvalue weighted by molar-refractivity contribution is 7.45. The standard InChI is InChI=1S/C31H52NO6P/c1-6-7-8-9-10-11-12-13-14-15-16-17-18-19-20-21-22-23-24-25-31(33)36-28-30(2)29-38-39(34,35)37-27-26-32(3,4)5/h7-8,10-11,13-14,16-17,19-20,22-23,30H,6,9,12,15,18,21,24-29H2,1-5H3/b8-7-,11-10-,14-13-,17-16-,20-19-,23-22-. The first-order chi connectivity index (χ1) is 18.6. The number of rotatable bonds is 23. The number of hydrogen-bond acceptors (Lipinski definition) is 6. The summed E-state index contributed by atoms with van der Waals surface area (Å²) in [6.07, 6.45) is 32.3. The van der Waals surface area contributed by atoms with E-state index in [4.69, 9.17) is 13.8 Å². The van der Waals surface area contributed by atoms with Crippen LogP contribution in [0.25, 0.3) is 0 Å². The van der Waals surface area contributed by atoms with Crippen LogP contribution in [-0.2, 0) is 23.1 Å². The highest BCUT2D eigenvalue weighted by atomic mass is 31.2. The zero-order valence-corrected chi connectivity index (χ0v) is 25.7. The molecule has 0 aliphatic heterocycles. The van der Waals surface area contributed by atoms with E-state index < -0.39 is 7.82 Å². The number of nitrogens with zero attached hydrogens (tertiary/aromatic N) is 1. The van der Waals surface area contributed by atoms with Gasteiger partial charge in [0.1, 0.15) is 13.2 Å². The van der Waals surface area contributed by atoms with Crippen molar-refractivity contribution in [1.29, 1.82) is 0 Å². The van der Waals surface area contributed by atoms with Crippen LogP contribution in [0.1, 0.15) is 65.2 Å². The SMILES string of the molecule is CC/C=C\C/C=C\C/C=C\C/C=C\C/C=C\C/C=C\CCC(=O)OCC(C)COP(=O)([O-])OCC[N+](C)(C)C. The molecular weight excluding hydrogens is 513 g/mol. The smallest absolute Gasteiger partial charge is 0.306 e. The zero-order chi connectivity index (χ0) is 29.2. The number of carbonyl (C=O) groups excluding carboxylic acids is 1. The molecule has 0 radical (unpaired) electrons. The summed E-state index contributed by atoms with van der Waals surface area (Å²) in [5, 5.41) is 0. The van der Waals surface area contributed by atoms with Crippen LogP contribution in [0.3, 0.4) is 0 Å². The second-order valence-corrected chi connectivity index (χ2v) is 11.7. The third-order valence-corrected chi connectivity index (χ3v) is 6.13. The number of phosphoric acid groups is 1. The zero-order valence-electron chi connectivity index (χ0n) is 24.8. The molecule has 8 heteroatoms. The summed E-state index contributed by atoms with van der Waals surface area (Å²) in [5.74, 6) is -0.574. The molecule has 0 fully saturated rings. The van der Waals surface area contributed by atoms with E-state index in [-0.39, 0.29) is 38.1 Å². The van der Waals surface area contributed by atoms with Crippen LogP contribution in [-0.4, -0.2) is 58.0 Å². The average molecular weight is 566 g/mol. The predicted molar refractivity (Wildman–Crippen MR) is 160 cm³/mol. The van der Waals surface area contributed by atoms with Crippen LogP contribution >= 0.6 is 7.82 Å². The Morgan fingerprint density at radius 2 is 1.23 bits per heavy atom. The van der Waals surface area contributed by atoms with Gasteiger partial charge in [0.05, 0.1) is 34.4 Å². The highest BCUT2D eigenvalue weighted by Crippen LogP contribution is 2.38. The van der Waals surface area contributed by atoms with Crippen LogP contribution in [0, 0.1) is 5.92 Å². The van der Waals surface area contributed by atoms with Crippen LogP contribution in [0.15, 0.2) is 72.9 Å². The summed E-state index contributed by atoms with van der Waals surface area (Å²) in [4.78, 5) is 23.7. The number of likely N-dealkylation sites (N-methyl/N-ethyl adjacent to an activating group) is 1. The number of quaternary nitrogens is 1. The van der Waals surface area contributed by atoms with Gasteiger partial charge >= 0.3 is 5.97 Å². The lowest BCUT2D eigenvalue weighted by Gasteiger charge is -2.27. The molecule has 0 saturated carbocycles. The van der Waals surface area contributed by atoms with Crippen LogP contribution in [0.4, 0.5) is 0 Å². The van der Waals surface area contributed by atoms with Gasteiger partial charge in [-0.3, -0.25) is 9.36 Å². The summed E-state index contributed by atoms with van der Waals surface area (Å²) in [6.45, 7) is 4.50. The van der Waals surface area contributed by atoms with Gasteiger partial charge in [-0.15, -0.1) is 0 Å². The molecule has 39 heavy (non-hydrogen) atoms. The van der Waals surface area contributed by atoms with Gasteiger partial charge in [0.2, 0.25) is 0 Å². The van der Waals surface area contributed by atoms with Gasteiger partial charge in [-0.05, 0) is 44.9 Å². The molecular formula is C31H52NO6P. The maximum absolute atomic E-state index is 11.9. The molecule has 0 rings (SSSR count). The van der Waals surface area contributed by atoms with Gasteiger partial charge in [-0.2, -0.15) is 0 Å². The highest BCUT2D eigenvalue weighted by Gasteiger charge is 2.15. The van der Waals surface area contributed by atoms with E-state index in [0.717, 1.165) is 38.5 Å². The minimum Gasteiger partial charge on any atom is -0.756 e. The monoisotopic (exact) mass is 565 g/mol. The molecule has 7 nitrogen and oxygen atoms in total. The van der Waals surface area contributed by atoms with Gasteiger partial charge in [-0.1, -0.05) is 86.8 Å². The molecule has 0 aliphatic carbocycles. The van der Waals surface area contributed by atoms with Gasteiger partial charge < -0.3 is 23.2 Å². The Balaban J connectivity index is 3.80. The van der Waals surface area contributed by atoms with Gasteiger partial charge in [0.15, 0.2) is 0 Å². The molecule has 0 aromatic heterocycles. The number of phosphoric ester groups is 1. The van der Waals surface area contributed by atoms with Crippen LogP contribution in [0.5, 0.6) is 0 Å². The lowest BCUT2D eigenvalue weighted by atomic mass is 10.2. The summed E-state index contributed by atoms with van der Waals surface area (Å²) in [6, 6.07) is 0. The van der Waals surface area contributed by atoms with Crippen LogP contribution in [0.2, 0.25) is 0 Å².